The van der Waals surface area contributed by atoms with Gasteiger partial charge in [0.05, 0.1) is 5.69 Å². The molecular weight excluding hydrogens is 308 g/mol. The van der Waals surface area contributed by atoms with Crippen LogP contribution >= 0.6 is 11.6 Å². The van der Waals surface area contributed by atoms with E-state index in [1.54, 1.807) is 0 Å². The molecule has 0 bridgehead atoms. The summed E-state index contributed by atoms with van der Waals surface area (Å²) in [5.74, 6) is 0. The first-order valence-electron chi connectivity index (χ1n) is 7.22. The Hall–Kier alpha value is -2.83. The van der Waals surface area contributed by atoms with E-state index in [-0.39, 0.29) is 11.1 Å². The molecule has 1 aliphatic rings. The van der Waals surface area contributed by atoms with E-state index < -0.39 is 0 Å². The molecule has 2 aromatic carbocycles. The number of hydrogen-bond acceptors (Lipinski definition) is 2. The average Bonchev–Trinajstić information content (AvgIpc) is 2.92. The maximum absolute atomic E-state index is 12.4. The van der Waals surface area contributed by atoms with Crippen LogP contribution < -0.4 is 5.56 Å². The van der Waals surface area contributed by atoms with E-state index in [0.29, 0.717) is 11.4 Å². The second-order valence-corrected chi connectivity index (χ2v) is 5.95. The Morgan fingerprint density at radius 1 is 1.13 bits per heavy atom. The molecule has 1 N–H and O–H groups in total. The molecule has 3 aromatic rings. The number of hydrogen-bond donors (Lipinski definition) is 1. The summed E-state index contributed by atoms with van der Waals surface area (Å²) in [6.45, 7) is 0. The van der Waals surface area contributed by atoms with Crippen LogP contribution in [0, 0.1) is 11.3 Å². The van der Waals surface area contributed by atoms with Gasteiger partial charge in [-0.05, 0) is 28.8 Å². The summed E-state index contributed by atoms with van der Waals surface area (Å²) in [6, 6.07) is 17.3. The Labute approximate surface area is 137 Å². The highest BCUT2D eigenvalue weighted by Crippen LogP contribution is 2.41. The van der Waals surface area contributed by atoms with Gasteiger partial charge in [-0.2, -0.15) is 5.26 Å². The Kier molecular flexibility index (Phi) is 3.07. The zero-order valence-corrected chi connectivity index (χ0v) is 12.8. The topological polar surface area (TPSA) is 56.6 Å². The summed E-state index contributed by atoms with van der Waals surface area (Å²) in [5, 5.41) is 10.1. The number of pyridine rings is 1. The first kappa shape index (κ1) is 13.8. The van der Waals surface area contributed by atoms with E-state index in [0.717, 1.165) is 33.5 Å². The van der Waals surface area contributed by atoms with Crippen molar-refractivity contribution in [2.45, 2.75) is 6.42 Å². The maximum Gasteiger partial charge on any atom is 0.266 e. The van der Waals surface area contributed by atoms with Gasteiger partial charge in [0.15, 0.2) is 0 Å². The molecule has 0 spiro atoms. The maximum atomic E-state index is 12.4. The van der Waals surface area contributed by atoms with Crippen LogP contribution in [0.4, 0.5) is 0 Å². The zero-order valence-electron chi connectivity index (χ0n) is 12.1. The van der Waals surface area contributed by atoms with E-state index in [2.05, 4.69) is 11.1 Å². The number of halogens is 1. The fourth-order valence-corrected chi connectivity index (χ4v) is 3.38. The van der Waals surface area contributed by atoms with Gasteiger partial charge in [-0.15, -0.1) is 0 Å². The lowest BCUT2D eigenvalue weighted by Gasteiger charge is -2.10. The molecule has 23 heavy (non-hydrogen) atoms. The minimum atomic E-state index is -0.363. The molecule has 3 nitrogen and oxygen atoms in total. The minimum absolute atomic E-state index is 0.161. The largest absolute Gasteiger partial charge is 0.320 e. The lowest BCUT2D eigenvalue weighted by molar-refractivity contribution is 1.17. The highest BCUT2D eigenvalue weighted by atomic mass is 35.5. The van der Waals surface area contributed by atoms with Crippen LogP contribution in [0.5, 0.6) is 0 Å². The van der Waals surface area contributed by atoms with E-state index in [1.165, 1.54) is 0 Å². The quantitative estimate of drug-likeness (QED) is 0.573. The Morgan fingerprint density at radius 3 is 2.65 bits per heavy atom. The van der Waals surface area contributed by atoms with Gasteiger partial charge in [0.1, 0.15) is 11.6 Å². The van der Waals surface area contributed by atoms with Crippen LogP contribution in [-0.2, 0) is 6.42 Å². The zero-order chi connectivity index (χ0) is 16.0. The molecule has 1 heterocycles. The fourth-order valence-electron chi connectivity index (χ4n) is 3.20. The number of aromatic nitrogens is 1. The van der Waals surface area contributed by atoms with Crippen LogP contribution in [0.2, 0.25) is 5.02 Å². The van der Waals surface area contributed by atoms with Crippen molar-refractivity contribution in [2.24, 2.45) is 0 Å². The van der Waals surface area contributed by atoms with Crippen molar-refractivity contribution in [3.63, 3.8) is 0 Å². The Morgan fingerprint density at radius 2 is 1.91 bits per heavy atom. The average molecular weight is 319 g/mol. The second kappa shape index (κ2) is 5.12. The number of nitrogens with one attached hydrogen (secondary N) is 1. The molecule has 0 saturated heterocycles. The smallest absolute Gasteiger partial charge is 0.266 e. The van der Waals surface area contributed by atoms with E-state index in [4.69, 9.17) is 11.6 Å². The minimum Gasteiger partial charge on any atom is -0.320 e. The molecule has 1 aliphatic carbocycles. The monoisotopic (exact) mass is 318 g/mol. The molecule has 0 radical (unpaired) electrons. The number of fused-ring (bicyclic) bond motifs is 3. The summed E-state index contributed by atoms with van der Waals surface area (Å²) >= 11 is 6.10. The van der Waals surface area contributed by atoms with Gasteiger partial charge in [0, 0.05) is 22.6 Å². The van der Waals surface area contributed by atoms with Crippen molar-refractivity contribution in [3.8, 4) is 28.5 Å². The highest BCUT2D eigenvalue weighted by Gasteiger charge is 2.26. The van der Waals surface area contributed by atoms with Gasteiger partial charge in [-0.1, -0.05) is 48.0 Å². The van der Waals surface area contributed by atoms with Crippen molar-refractivity contribution < 1.29 is 0 Å². The van der Waals surface area contributed by atoms with E-state index in [1.807, 2.05) is 48.5 Å². The summed E-state index contributed by atoms with van der Waals surface area (Å²) in [7, 11) is 0. The van der Waals surface area contributed by atoms with Crippen molar-refractivity contribution in [3.05, 3.63) is 80.6 Å². The Balaban J connectivity index is 2.09. The summed E-state index contributed by atoms with van der Waals surface area (Å²) in [6.07, 6.45) is 0.678. The molecule has 4 heteroatoms. The van der Waals surface area contributed by atoms with Crippen LogP contribution in [0.1, 0.15) is 16.7 Å². The molecule has 0 atom stereocenters. The predicted octanol–water partition coefficient (Wildman–Crippen LogP) is 4.14. The Bertz CT molecular complexity index is 1030. The lowest BCUT2D eigenvalue weighted by Crippen LogP contribution is -2.14. The lowest BCUT2D eigenvalue weighted by atomic mass is 9.95. The number of nitriles is 1. The highest BCUT2D eigenvalue weighted by molar-refractivity contribution is 6.31. The van der Waals surface area contributed by atoms with Gasteiger partial charge >= 0.3 is 0 Å². The molecule has 0 aliphatic heterocycles. The molecule has 4 rings (SSSR count). The number of benzene rings is 2. The van der Waals surface area contributed by atoms with Crippen LogP contribution in [0.25, 0.3) is 22.4 Å². The predicted molar refractivity (Wildman–Crippen MR) is 90.5 cm³/mol. The first-order valence-corrected chi connectivity index (χ1v) is 7.60. The van der Waals surface area contributed by atoms with Crippen molar-refractivity contribution in [1.29, 1.82) is 5.26 Å². The molecule has 0 amide bonds. The summed E-state index contributed by atoms with van der Waals surface area (Å²) in [4.78, 5) is 15.3. The standard InChI is InChI=1S/C19H11ClN2O/c20-13-7-6-12-8-15-17(11-4-2-1-3-5-11)16(10-21)19(23)22-18(15)14(12)9-13/h1-7,9H,8H2,(H,22,23). The third-order valence-corrected chi connectivity index (χ3v) is 4.44. The normalized spacial score (nSPS) is 11.7. The molecular formula is C19H11ClN2O. The molecule has 110 valence electrons. The van der Waals surface area contributed by atoms with Gasteiger partial charge < -0.3 is 4.98 Å². The van der Waals surface area contributed by atoms with Crippen LogP contribution in [0.15, 0.2) is 53.3 Å². The molecule has 0 saturated carbocycles. The van der Waals surface area contributed by atoms with Crippen molar-refractivity contribution in [2.75, 3.05) is 0 Å². The van der Waals surface area contributed by atoms with Gasteiger partial charge in [-0.3, -0.25) is 4.79 Å². The van der Waals surface area contributed by atoms with Gasteiger partial charge in [-0.25, -0.2) is 0 Å². The van der Waals surface area contributed by atoms with E-state index in [9.17, 15) is 10.1 Å². The molecule has 0 fully saturated rings. The van der Waals surface area contributed by atoms with Crippen molar-refractivity contribution >= 4 is 11.6 Å². The second-order valence-electron chi connectivity index (χ2n) is 5.51. The van der Waals surface area contributed by atoms with Crippen LogP contribution in [-0.4, -0.2) is 4.98 Å². The third-order valence-electron chi connectivity index (χ3n) is 4.20. The molecule has 0 unspecified atom stereocenters. The fraction of sp³-hybridized carbons (Fsp3) is 0.0526. The first-order chi connectivity index (χ1) is 11.2. The number of rotatable bonds is 1. The number of nitrogens with zero attached hydrogens (tertiary/aromatic N) is 1. The van der Waals surface area contributed by atoms with Crippen LogP contribution in [0.3, 0.4) is 0 Å². The number of aromatic amines is 1. The SMILES string of the molecule is N#Cc1c(-c2ccccc2)c2c([nH]c1=O)-c1cc(Cl)ccc1C2. The van der Waals surface area contributed by atoms with Gasteiger partial charge in [0.2, 0.25) is 0 Å². The van der Waals surface area contributed by atoms with E-state index >= 15 is 0 Å². The van der Waals surface area contributed by atoms with Gasteiger partial charge in [0.25, 0.3) is 5.56 Å². The summed E-state index contributed by atoms with van der Waals surface area (Å²) in [5.41, 5.74) is 5.19. The number of H-pyrrole nitrogens is 1. The molecule has 1 aromatic heterocycles. The van der Waals surface area contributed by atoms with Crippen molar-refractivity contribution in [1.82, 2.24) is 4.98 Å². The summed E-state index contributed by atoms with van der Waals surface area (Å²) < 4.78 is 0. The third kappa shape index (κ3) is 2.08.